The summed E-state index contributed by atoms with van der Waals surface area (Å²) >= 11 is 5.75. The number of benzene rings is 2. The van der Waals surface area contributed by atoms with Crippen LogP contribution in [-0.4, -0.2) is 12.6 Å². The topological polar surface area (TPSA) is 38.3 Å². The van der Waals surface area contributed by atoms with Crippen molar-refractivity contribution in [3.63, 3.8) is 0 Å². The van der Waals surface area contributed by atoms with Crippen molar-refractivity contribution in [1.82, 2.24) is 5.32 Å². The number of hydrogen-bond acceptors (Lipinski definition) is 2. The first kappa shape index (κ1) is 12.5. The van der Waals surface area contributed by atoms with Crippen molar-refractivity contribution in [2.24, 2.45) is 0 Å². The third-order valence-electron chi connectivity index (χ3n) is 2.32. The lowest BCUT2D eigenvalue weighted by Crippen LogP contribution is -2.27. The highest BCUT2D eigenvalue weighted by Gasteiger charge is 2.03. The van der Waals surface area contributed by atoms with Crippen molar-refractivity contribution in [3.8, 4) is 5.75 Å². The molecule has 0 fully saturated rings. The first-order valence-corrected chi connectivity index (χ1v) is 5.85. The number of amides is 1. The van der Waals surface area contributed by atoms with E-state index in [-0.39, 0.29) is 12.6 Å². The lowest BCUT2D eigenvalue weighted by atomic mass is 10.2. The SMILES string of the molecule is O=C(NCOc1ccc(Cl)cc1)c1ccccc1. The zero-order chi connectivity index (χ0) is 12.8. The van der Waals surface area contributed by atoms with Gasteiger partial charge in [0.15, 0.2) is 6.73 Å². The molecule has 3 nitrogen and oxygen atoms in total. The Morgan fingerprint density at radius 2 is 1.72 bits per heavy atom. The van der Waals surface area contributed by atoms with E-state index < -0.39 is 0 Å². The molecule has 0 heterocycles. The summed E-state index contributed by atoms with van der Waals surface area (Å²) in [4.78, 5) is 11.7. The molecule has 0 aliphatic carbocycles. The molecule has 2 aromatic rings. The van der Waals surface area contributed by atoms with E-state index in [1.54, 1.807) is 36.4 Å². The van der Waals surface area contributed by atoms with E-state index in [1.165, 1.54) is 0 Å². The molecule has 1 amide bonds. The molecule has 0 aliphatic rings. The predicted molar refractivity (Wildman–Crippen MR) is 70.9 cm³/mol. The summed E-state index contributed by atoms with van der Waals surface area (Å²) in [7, 11) is 0. The van der Waals surface area contributed by atoms with Gasteiger partial charge in [0, 0.05) is 10.6 Å². The van der Waals surface area contributed by atoms with Gasteiger partial charge in [0.05, 0.1) is 0 Å². The van der Waals surface area contributed by atoms with Crippen molar-refractivity contribution in [2.45, 2.75) is 0 Å². The first-order chi connectivity index (χ1) is 8.75. The third kappa shape index (κ3) is 3.50. The molecule has 0 radical (unpaired) electrons. The van der Waals surface area contributed by atoms with Crippen LogP contribution in [0.15, 0.2) is 54.6 Å². The number of carbonyl (C=O) groups excluding carboxylic acids is 1. The normalized spacial score (nSPS) is 9.83. The van der Waals surface area contributed by atoms with E-state index in [0.717, 1.165) is 0 Å². The Balaban J connectivity index is 1.82. The zero-order valence-corrected chi connectivity index (χ0v) is 10.4. The van der Waals surface area contributed by atoms with E-state index >= 15 is 0 Å². The molecule has 18 heavy (non-hydrogen) atoms. The van der Waals surface area contributed by atoms with E-state index in [9.17, 15) is 4.79 Å². The highest BCUT2D eigenvalue weighted by molar-refractivity contribution is 6.30. The lowest BCUT2D eigenvalue weighted by molar-refractivity contribution is 0.0919. The Hall–Kier alpha value is -2.00. The average Bonchev–Trinajstić information content (AvgIpc) is 2.42. The van der Waals surface area contributed by atoms with Crippen LogP contribution in [0.5, 0.6) is 5.75 Å². The summed E-state index contributed by atoms with van der Waals surface area (Å²) in [6.07, 6.45) is 0. The maximum atomic E-state index is 11.7. The second-order valence-corrected chi connectivity index (χ2v) is 4.05. The average molecular weight is 262 g/mol. The minimum Gasteiger partial charge on any atom is -0.473 e. The molecule has 0 unspecified atom stereocenters. The molecule has 1 N–H and O–H groups in total. The van der Waals surface area contributed by atoms with Crippen molar-refractivity contribution in [2.75, 3.05) is 6.73 Å². The molecule has 0 saturated carbocycles. The van der Waals surface area contributed by atoms with Crippen LogP contribution in [0.2, 0.25) is 5.02 Å². The molecule has 2 rings (SSSR count). The van der Waals surface area contributed by atoms with Crippen LogP contribution in [0.25, 0.3) is 0 Å². The summed E-state index contributed by atoms with van der Waals surface area (Å²) in [5, 5.41) is 3.32. The van der Waals surface area contributed by atoms with E-state index in [1.807, 2.05) is 18.2 Å². The van der Waals surface area contributed by atoms with Crippen molar-refractivity contribution >= 4 is 17.5 Å². The monoisotopic (exact) mass is 261 g/mol. The Bertz CT molecular complexity index is 511. The molecule has 4 heteroatoms. The fourth-order valence-electron chi connectivity index (χ4n) is 1.41. The summed E-state index contributed by atoms with van der Waals surface area (Å²) in [6.45, 7) is 0.120. The smallest absolute Gasteiger partial charge is 0.253 e. The van der Waals surface area contributed by atoms with Gasteiger partial charge in [-0.2, -0.15) is 0 Å². The van der Waals surface area contributed by atoms with Crippen LogP contribution >= 0.6 is 11.6 Å². The molecular weight excluding hydrogens is 250 g/mol. The molecule has 2 aromatic carbocycles. The quantitative estimate of drug-likeness (QED) is 0.859. The van der Waals surface area contributed by atoms with Gasteiger partial charge in [-0.3, -0.25) is 4.79 Å². The highest BCUT2D eigenvalue weighted by Crippen LogP contribution is 2.14. The van der Waals surface area contributed by atoms with E-state index in [2.05, 4.69) is 5.32 Å². The largest absolute Gasteiger partial charge is 0.473 e. The van der Waals surface area contributed by atoms with Crippen molar-refractivity contribution < 1.29 is 9.53 Å². The Kier molecular flexibility index (Phi) is 4.20. The van der Waals surface area contributed by atoms with Gasteiger partial charge in [-0.25, -0.2) is 0 Å². The molecule has 0 aliphatic heterocycles. The second-order valence-electron chi connectivity index (χ2n) is 3.61. The molecule has 0 spiro atoms. The Morgan fingerprint density at radius 3 is 2.39 bits per heavy atom. The first-order valence-electron chi connectivity index (χ1n) is 5.47. The predicted octanol–water partition coefficient (Wildman–Crippen LogP) is 3.11. The number of ether oxygens (including phenoxy) is 1. The standard InChI is InChI=1S/C14H12ClNO2/c15-12-6-8-13(9-7-12)18-10-16-14(17)11-4-2-1-3-5-11/h1-9H,10H2,(H,16,17). The Morgan fingerprint density at radius 1 is 1.06 bits per heavy atom. The highest BCUT2D eigenvalue weighted by atomic mass is 35.5. The molecular formula is C14H12ClNO2. The minimum atomic E-state index is -0.162. The molecule has 0 aromatic heterocycles. The maximum absolute atomic E-state index is 11.7. The number of carbonyl (C=O) groups is 1. The number of nitrogens with one attached hydrogen (secondary N) is 1. The van der Waals surface area contributed by atoms with Gasteiger partial charge >= 0.3 is 0 Å². The molecule has 0 bridgehead atoms. The van der Waals surface area contributed by atoms with Gasteiger partial charge < -0.3 is 10.1 Å². The van der Waals surface area contributed by atoms with Gasteiger partial charge in [0.1, 0.15) is 5.75 Å². The lowest BCUT2D eigenvalue weighted by Gasteiger charge is -2.07. The molecule has 0 atom stereocenters. The summed E-state index contributed by atoms with van der Waals surface area (Å²) in [5.74, 6) is 0.498. The number of rotatable bonds is 4. The summed E-state index contributed by atoms with van der Waals surface area (Å²) in [5.41, 5.74) is 0.609. The van der Waals surface area contributed by atoms with Gasteiger partial charge in [0.2, 0.25) is 0 Å². The summed E-state index contributed by atoms with van der Waals surface area (Å²) in [6, 6.07) is 15.9. The number of halogens is 1. The van der Waals surface area contributed by atoms with Gasteiger partial charge in [0.25, 0.3) is 5.91 Å². The number of hydrogen-bond donors (Lipinski definition) is 1. The van der Waals surface area contributed by atoms with Crippen LogP contribution in [0.3, 0.4) is 0 Å². The van der Waals surface area contributed by atoms with Crippen LogP contribution in [-0.2, 0) is 0 Å². The van der Waals surface area contributed by atoms with E-state index in [0.29, 0.717) is 16.3 Å². The fraction of sp³-hybridized carbons (Fsp3) is 0.0714. The van der Waals surface area contributed by atoms with Gasteiger partial charge in [-0.1, -0.05) is 29.8 Å². The maximum Gasteiger partial charge on any atom is 0.253 e. The van der Waals surface area contributed by atoms with Crippen molar-refractivity contribution in [3.05, 3.63) is 65.2 Å². The molecule has 0 saturated heterocycles. The van der Waals surface area contributed by atoms with Crippen LogP contribution < -0.4 is 10.1 Å². The van der Waals surface area contributed by atoms with Gasteiger partial charge in [-0.05, 0) is 36.4 Å². The summed E-state index contributed by atoms with van der Waals surface area (Å²) < 4.78 is 5.36. The van der Waals surface area contributed by atoms with Crippen LogP contribution in [0.4, 0.5) is 0 Å². The van der Waals surface area contributed by atoms with Crippen LogP contribution in [0.1, 0.15) is 10.4 Å². The second kappa shape index (κ2) is 6.07. The van der Waals surface area contributed by atoms with Crippen LogP contribution in [0, 0.1) is 0 Å². The van der Waals surface area contributed by atoms with Gasteiger partial charge in [-0.15, -0.1) is 0 Å². The minimum absolute atomic E-state index is 0.120. The van der Waals surface area contributed by atoms with E-state index in [4.69, 9.17) is 16.3 Å². The zero-order valence-electron chi connectivity index (χ0n) is 9.60. The van der Waals surface area contributed by atoms with Crippen molar-refractivity contribution in [1.29, 1.82) is 0 Å². The molecule has 92 valence electrons. The third-order valence-corrected chi connectivity index (χ3v) is 2.57. The Labute approximate surface area is 110 Å². The fourth-order valence-corrected chi connectivity index (χ4v) is 1.53.